The maximum absolute atomic E-state index is 11.7. The first-order valence-corrected chi connectivity index (χ1v) is 4.94. The number of carbonyl (C=O) groups is 1. The van der Waals surface area contributed by atoms with Crippen LogP contribution in [0.5, 0.6) is 0 Å². The largest absolute Gasteiger partial charge is 0.294 e. The fourth-order valence-electron chi connectivity index (χ4n) is 1.96. The van der Waals surface area contributed by atoms with Crippen LogP contribution in [0.15, 0.2) is 23.8 Å². The molecule has 0 saturated carbocycles. The van der Waals surface area contributed by atoms with Crippen molar-refractivity contribution in [1.29, 1.82) is 10.5 Å². The molecule has 0 fully saturated rings. The van der Waals surface area contributed by atoms with Gasteiger partial charge in [0.25, 0.3) is 5.69 Å². The van der Waals surface area contributed by atoms with Crippen LogP contribution in [-0.2, 0) is 0 Å². The molecular formula is C12H5N3O3. The van der Waals surface area contributed by atoms with Gasteiger partial charge in [0.05, 0.1) is 10.5 Å². The van der Waals surface area contributed by atoms with Crippen molar-refractivity contribution in [3.05, 3.63) is 45.0 Å². The van der Waals surface area contributed by atoms with Crippen LogP contribution in [0, 0.1) is 32.8 Å². The summed E-state index contributed by atoms with van der Waals surface area (Å²) in [5.41, 5.74) is -0.0622. The normalized spacial score (nSPS) is 12.6. The summed E-state index contributed by atoms with van der Waals surface area (Å²) in [7, 11) is 0. The number of nitriles is 2. The summed E-state index contributed by atoms with van der Waals surface area (Å²) >= 11 is 0. The lowest BCUT2D eigenvalue weighted by atomic mass is 10.0. The molecule has 0 atom stereocenters. The monoisotopic (exact) mass is 239 g/mol. The van der Waals surface area contributed by atoms with Gasteiger partial charge in [0.2, 0.25) is 0 Å². The third kappa shape index (κ3) is 1.53. The predicted octanol–water partition coefficient (Wildman–Crippen LogP) is 1.98. The number of Topliss-reactive ketones (excluding diaryl/α,β-unsaturated/α-hetero) is 1. The van der Waals surface area contributed by atoms with Crippen LogP contribution in [0.25, 0.3) is 5.57 Å². The molecule has 2 rings (SSSR count). The van der Waals surface area contributed by atoms with E-state index in [0.717, 1.165) is 0 Å². The molecule has 0 N–H and O–H groups in total. The number of carbonyl (C=O) groups excluding carboxylic acids is 1. The Morgan fingerprint density at radius 2 is 2.00 bits per heavy atom. The summed E-state index contributed by atoms with van der Waals surface area (Å²) < 4.78 is 0. The van der Waals surface area contributed by atoms with Crippen molar-refractivity contribution in [1.82, 2.24) is 0 Å². The second-order valence-corrected chi connectivity index (χ2v) is 3.63. The maximum atomic E-state index is 11.7. The van der Waals surface area contributed by atoms with Crippen molar-refractivity contribution >= 4 is 17.0 Å². The van der Waals surface area contributed by atoms with Crippen molar-refractivity contribution in [3.63, 3.8) is 0 Å². The number of fused-ring (bicyclic) bond motifs is 1. The minimum atomic E-state index is -0.621. The van der Waals surface area contributed by atoms with E-state index in [2.05, 4.69) is 0 Å². The molecule has 0 unspecified atom stereocenters. The van der Waals surface area contributed by atoms with Gasteiger partial charge in [-0.3, -0.25) is 14.9 Å². The number of ketones is 1. The average Bonchev–Trinajstić information content (AvgIpc) is 2.69. The molecule has 0 bridgehead atoms. The van der Waals surface area contributed by atoms with Gasteiger partial charge in [-0.2, -0.15) is 10.5 Å². The van der Waals surface area contributed by atoms with E-state index in [1.165, 1.54) is 18.2 Å². The zero-order chi connectivity index (χ0) is 13.3. The van der Waals surface area contributed by atoms with E-state index in [-0.39, 0.29) is 40.2 Å². The van der Waals surface area contributed by atoms with E-state index >= 15 is 0 Å². The molecule has 0 aliphatic heterocycles. The van der Waals surface area contributed by atoms with E-state index in [4.69, 9.17) is 10.5 Å². The van der Waals surface area contributed by atoms with Crippen molar-refractivity contribution in [2.45, 2.75) is 6.42 Å². The number of hydrogen-bond acceptors (Lipinski definition) is 5. The average molecular weight is 239 g/mol. The van der Waals surface area contributed by atoms with Crippen molar-refractivity contribution in [3.8, 4) is 12.1 Å². The van der Waals surface area contributed by atoms with Crippen molar-refractivity contribution in [2.75, 3.05) is 0 Å². The molecule has 6 nitrogen and oxygen atoms in total. The van der Waals surface area contributed by atoms with E-state index < -0.39 is 4.92 Å². The van der Waals surface area contributed by atoms with Gasteiger partial charge in [-0.1, -0.05) is 12.1 Å². The lowest BCUT2D eigenvalue weighted by molar-refractivity contribution is -0.385. The Labute approximate surface area is 102 Å². The lowest BCUT2D eigenvalue weighted by Crippen LogP contribution is -1.96. The second kappa shape index (κ2) is 4.11. The standard InChI is InChI=1S/C12H5N3O3/c13-5-7(6-14)9-4-11(16)8-2-1-3-10(12(8)9)15(17)18/h1-3H,4H2. The molecule has 1 aliphatic carbocycles. The second-order valence-electron chi connectivity index (χ2n) is 3.63. The van der Waals surface area contributed by atoms with Gasteiger partial charge >= 0.3 is 0 Å². The number of nitro benzene ring substituents is 1. The van der Waals surface area contributed by atoms with Gasteiger partial charge in [0, 0.05) is 23.6 Å². The van der Waals surface area contributed by atoms with E-state index in [1.54, 1.807) is 12.1 Å². The number of nitrogens with zero attached hydrogens (tertiary/aromatic N) is 3. The first kappa shape index (κ1) is 11.5. The molecule has 18 heavy (non-hydrogen) atoms. The number of benzene rings is 1. The summed E-state index contributed by atoms with van der Waals surface area (Å²) in [6, 6.07) is 7.46. The molecule has 0 radical (unpaired) electrons. The molecule has 0 aromatic heterocycles. The van der Waals surface area contributed by atoms with Crippen LogP contribution in [0.2, 0.25) is 0 Å². The fourth-order valence-corrected chi connectivity index (χ4v) is 1.96. The van der Waals surface area contributed by atoms with Crippen LogP contribution >= 0.6 is 0 Å². The Hall–Kier alpha value is -2.99. The van der Waals surface area contributed by atoms with Crippen LogP contribution in [0.1, 0.15) is 22.3 Å². The quantitative estimate of drug-likeness (QED) is 0.423. The molecule has 0 spiro atoms. The fraction of sp³-hybridized carbons (Fsp3) is 0.0833. The minimum Gasteiger partial charge on any atom is -0.294 e. The van der Waals surface area contributed by atoms with Gasteiger partial charge in [-0.05, 0) is 0 Å². The summed E-state index contributed by atoms with van der Waals surface area (Å²) in [4.78, 5) is 22.0. The van der Waals surface area contributed by atoms with Gasteiger partial charge in [-0.15, -0.1) is 0 Å². The molecule has 0 heterocycles. The van der Waals surface area contributed by atoms with Gasteiger partial charge in [-0.25, -0.2) is 0 Å². The highest BCUT2D eigenvalue weighted by Gasteiger charge is 2.33. The van der Waals surface area contributed by atoms with Gasteiger partial charge < -0.3 is 0 Å². The highest BCUT2D eigenvalue weighted by Crippen LogP contribution is 2.39. The Morgan fingerprint density at radius 1 is 1.33 bits per heavy atom. The van der Waals surface area contributed by atoms with Gasteiger partial charge in [0.1, 0.15) is 17.7 Å². The highest BCUT2D eigenvalue weighted by atomic mass is 16.6. The topological polar surface area (TPSA) is 108 Å². The Kier molecular flexibility index (Phi) is 2.63. The number of hydrogen-bond donors (Lipinski definition) is 0. The van der Waals surface area contributed by atoms with Crippen molar-refractivity contribution in [2.24, 2.45) is 0 Å². The van der Waals surface area contributed by atoms with E-state index in [9.17, 15) is 14.9 Å². The zero-order valence-corrected chi connectivity index (χ0v) is 9.01. The third-order valence-corrected chi connectivity index (χ3v) is 2.70. The molecular weight excluding hydrogens is 234 g/mol. The number of rotatable bonds is 1. The molecule has 1 aromatic carbocycles. The third-order valence-electron chi connectivity index (χ3n) is 2.70. The highest BCUT2D eigenvalue weighted by molar-refractivity contribution is 6.14. The summed E-state index contributed by atoms with van der Waals surface area (Å²) in [5.74, 6) is -0.313. The summed E-state index contributed by atoms with van der Waals surface area (Å²) in [6.45, 7) is 0. The van der Waals surface area contributed by atoms with E-state index in [0.29, 0.717) is 0 Å². The molecule has 1 aromatic rings. The van der Waals surface area contributed by atoms with Gasteiger partial charge in [0.15, 0.2) is 5.78 Å². The number of allylic oxidation sites excluding steroid dienone is 2. The first-order chi connectivity index (χ1) is 8.60. The first-order valence-electron chi connectivity index (χ1n) is 4.94. The Morgan fingerprint density at radius 3 is 2.56 bits per heavy atom. The molecule has 1 aliphatic rings. The van der Waals surface area contributed by atoms with Crippen LogP contribution in [-0.4, -0.2) is 10.7 Å². The smallest absolute Gasteiger partial charge is 0.277 e. The molecule has 0 saturated heterocycles. The maximum Gasteiger partial charge on any atom is 0.277 e. The predicted molar refractivity (Wildman–Crippen MR) is 60.2 cm³/mol. The Balaban J connectivity index is 2.85. The molecule has 0 amide bonds. The summed E-state index contributed by atoms with van der Waals surface area (Å²) in [6.07, 6.45) is -0.142. The Bertz CT molecular complexity index is 673. The van der Waals surface area contributed by atoms with Crippen LogP contribution < -0.4 is 0 Å². The van der Waals surface area contributed by atoms with E-state index in [1.807, 2.05) is 0 Å². The summed E-state index contributed by atoms with van der Waals surface area (Å²) in [5, 5.41) is 28.6. The lowest BCUT2D eigenvalue weighted by Gasteiger charge is -2.01. The minimum absolute atomic E-state index is 0.102. The van der Waals surface area contributed by atoms with Crippen LogP contribution in [0.3, 0.4) is 0 Å². The zero-order valence-electron chi connectivity index (χ0n) is 9.01. The van der Waals surface area contributed by atoms with Crippen molar-refractivity contribution < 1.29 is 9.72 Å². The van der Waals surface area contributed by atoms with Crippen LogP contribution in [0.4, 0.5) is 5.69 Å². The molecule has 6 heteroatoms. The number of nitro groups is 1. The molecule has 86 valence electrons. The SMILES string of the molecule is N#CC(C#N)=C1CC(=O)c2cccc([N+](=O)[O-])c21.